The maximum absolute atomic E-state index is 12.5. The summed E-state index contributed by atoms with van der Waals surface area (Å²) in [7, 11) is -0.685. The van der Waals surface area contributed by atoms with Crippen molar-refractivity contribution in [1.29, 1.82) is 0 Å². The zero-order valence-corrected chi connectivity index (χ0v) is 20.1. The highest BCUT2D eigenvalue weighted by atomic mass is 32.2. The Morgan fingerprint density at radius 1 is 0.914 bits per heavy atom. The van der Waals surface area contributed by atoms with Gasteiger partial charge in [0.1, 0.15) is 5.58 Å². The molecule has 0 unspecified atom stereocenters. The molecule has 0 aliphatic heterocycles. The van der Waals surface area contributed by atoms with Crippen LogP contribution in [0.15, 0.2) is 88.2 Å². The van der Waals surface area contributed by atoms with Crippen LogP contribution < -0.4 is 10.6 Å². The average Bonchev–Trinajstić information content (AvgIpc) is 3.29. The molecule has 0 aliphatic rings. The molecular formula is C26H25N3O5S. The van der Waals surface area contributed by atoms with Crippen LogP contribution >= 0.6 is 0 Å². The molecule has 4 aromatic rings. The SMILES string of the molecule is CN(C)S(=O)(=O)c1ccccc1CNC(=O)Cc1ccc(NC(=O)c2cc3ccccc3o2)cc1. The largest absolute Gasteiger partial charge is 0.451 e. The molecule has 0 bridgehead atoms. The number of fused-ring (bicyclic) bond motifs is 1. The molecule has 0 saturated carbocycles. The van der Waals surface area contributed by atoms with Crippen molar-refractivity contribution in [3.05, 3.63) is 95.7 Å². The first-order valence-corrected chi connectivity index (χ1v) is 12.3. The van der Waals surface area contributed by atoms with Gasteiger partial charge in [-0.05, 0) is 41.5 Å². The van der Waals surface area contributed by atoms with Crippen molar-refractivity contribution in [2.45, 2.75) is 17.9 Å². The van der Waals surface area contributed by atoms with Crippen LogP contribution in [0.4, 0.5) is 5.69 Å². The third kappa shape index (κ3) is 5.59. The van der Waals surface area contributed by atoms with Gasteiger partial charge in [-0.3, -0.25) is 9.59 Å². The molecule has 0 fully saturated rings. The van der Waals surface area contributed by atoms with Crippen molar-refractivity contribution in [3.8, 4) is 0 Å². The smallest absolute Gasteiger partial charge is 0.291 e. The van der Waals surface area contributed by atoms with E-state index in [2.05, 4.69) is 10.6 Å². The first-order chi connectivity index (χ1) is 16.7. The van der Waals surface area contributed by atoms with Crippen molar-refractivity contribution in [2.24, 2.45) is 0 Å². The predicted octanol–water partition coefficient (Wildman–Crippen LogP) is 3.79. The Bertz CT molecular complexity index is 1440. The first-order valence-electron chi connectivity index (χ1n) is 10.9. The lowest BCUT2D eigenvalue weighted by molar-refractivity contribution is -0.120. The molecule has 0 radical (unpaired) electrons. The van der Waals surface area contributed by atoms with Gasteiger partial charge in [-0.25, -0.2) is 12.7 Å². The number of nitrogens with zero attached hydrogens (tertiary/aromatic N) is 1. The number of nitrogens with one attached hydrogen (secondary N) is 2. The standard InChI is InChI=1S/C26H25N3O5S/c1-29(2)35(32,33)24-10-6-4-8-20(24)17-27-25(30)15-18-11-13-21(14-12-18)28-26(31)23-16-19-7-3-5-9-22(19)34-23/h3-14,16H,15,17H2,1-2H3,(H,27,30)(H,28,31). The molecule has 8 nitrogen and oxygen atoms in total. The Labute approximate surface area is 203 Å². The van der Waals surface area contributed by atoms with Crippen molar-refractivity contribution < 1.29 is 22.4 Å². The van der Waals surface area contributed by atoms with Crippen LogP contribution in [0.1, 0.15) is 21.7 Å². The predicted molar refractivity (Wildman–Crippen MR) is 133 cm³/mol. The molecule has 2 N–H and O–H groups in total. The molecule has 35 heavy (non-hydrogen) atoms. The quantitative estimate of drug-likeness (QED) is 0.390. The second-order valence-corrected chi connectivity index (χ2v) is 10.3. The minimum Gasteiger partial charge on any atom is -0.451 e. The summed E-state index contributed by atoms with van der Waals surface area (Å²) in [5.41, 5.74) is 2.47. The summed E-state index contributed by atoms with van der Waals surface area (Å²) in [4.78, 5) is 25.1. The lowest BCUT2D eigenvalue weighted by Crippen LogP contribution is -2.27. The van der Waals surface area contributed by atoms with E-state index in [1.807, 2.05) is 18.2 Å². The van der Waals surface area contributed by atoms with Gasteiger partial charge in [-0.15, -0.1) is 0 Å². The fraction of sp³-hybridized carbons (Fsp3) is 0.154. The molecule has 0 atom stereocenters. The molecule has 9 heteroatoms. The monoisotopic (exact) mass is 491 g/mol. The second kappa shape index (κ2) is 10.1. The molecular weight excluding hydrogens is 466 g/mol. The van der Waals surface area contributed by atoms with Gasteiger partial charge in [0.25, 0.3) is 5.91 Å². The van der Waals surface area contributed by atoms with Gasteiger partial charge in [0.05, 0.1) is 11.3 Å². The van der Waals surface area contributed by atoms with Gasteiger partial charge in [0, 0.05) is 31.7 Å². The van der Waals surface area contributed by atoms with Gasteiger partial charge >= 0.3 is 0 Å². The molecule has 4 rings (SSSR count). The first kappa shape index (κ1) is 24.2. The average molecular weight is 492 g/mol. The number of hydrogen-bond donors (Lipinski definition) is 2. The van der Waals surface area contributed by atoms with Gasteiger partial charge in [-0.1, -0.05) is 48.5 Å². The summed E-state index contributed by atoms with van der Waals surface area (Å²) in [5.74, 6) is -0.398. The molecule has 1 heterocycles. The highest BCUT2D eigenvalue weighted by Crippen LogP contribution is 2.21. The van der Waals surface area contributed by atoms with E-state index in [0.29, 0.717) is 16.8 Å². The minimum atomic E-state index is -3.62. The number of para-hydroxylation sites is 1. The van der Waals surface area contributed by atoms with Crippen LogP contribution in [0.5, 0.6) is 0 Å². The van der Waals surface area contributed by atoms with Crippen molar-refractivity contribution in [1.82, 2.24) is 9.62 Å². The number of amides is 2. The zero-order chi connectivity index (χ0) is 25.0. The van der Waals surface area contributed by atoms with E-state index in [4.69, 9.17) is 4.42 Å². The Morgan fingerprint density at radius 3 is 2.31 bits per heavy atom. The molecule has 180 valence electrons. The number of hydrogen-bond acceptors (Lipinski definition) is 5. The van der Waals surface area contributed by atoms with Gasteiger partial charge in [0.2, 0.25) is 15.9 Å². The van der Waals surface area contributed by atoms with Gasteiger partial charge < -0.3 is 15.1 Å². The molecule has 0 saturated heterocycles. The summed E-state index contributed by atoms with van der Waals surface area (Å²) in [6.07, 6.45) is 0.112. The van der Waals surface area contributed by atoms with Crippen LogP contribution in [0, 0.1) is 0 Å². The minimum absolute atomic E-state index is 0.0910. The Kier molecular flexibility index (Phi) is 6.99. The number of carbonyl (C=O) groups is 2. The van der Waals surface area contributed by atoms with E-state index in [0.717, 1.165) is 15.3 Å². The fourth-order valence-electron chi connectivity index (χ4n) is 3.53. The topological polar surface area (TPSA) is 109 Å². The van der Waals surface area contributed by atoms with Crippen LogP contribution in [0.25, 0.3) is 11.0 Å². The van der Waals surface area contributed by atoms with Crippen LogP contribution in [0.2, 0.25) is 0 Å². The molecule has 2 amide bonds. The molecule has 0 spiro atoms. The fourth-order valence-corrected chi connectivity index (χ4v) is 4.65. The highest BCUT2D eigenvalue weighted by Gasteiger charge is 2.21. The lowest BCUT2D eigenvalue weighted by Gasteiger charge is -2.15. The normalized spacial score (nSPS) is 11.5. The van der Waals surface area contributed by atoms with Crippen molar-refractivity contribution in [3.63, 3.8) is 0 Å². The van der Waals surface area contributed by atoms with E-state index in [9.17, 15) is 18.0 Å². The number of rotatable bonds is 8. The van der Waals surface area contributed by atoms with Gasteiger partial charge in [0.15, 0.2) is 5.76 Å². The van der Waals surface area contributed by atoms with Crippen molar-refractivity contribution >= 4 is 38.5 Å². The molecule has 3 aromatic carbocycles. The Balaban J connectivity index is 1.34. The summed E-state index contributed by atoms with van der Waals surface area (Å²) >= 11 is 0. The third-order valence-corrected chi connectivity index (χ3v) is 7.35. The maximum atomic E-state index is 12.5. The Hall–Kier alpha value is -3.95. The second-order valence-electron chi connectivity index (χ2n) is 8.15. The van der Waals surface area contributed by atoms with E-state index in [1.54, 1.807) is 54.6 Å². The van der Waals surface area contributed by atoms with Crippen LogP contribution in [-0.2, 0) is 27.8 Å². The van der Waals surface area contributed by atoms with Crippen LogP contribution in [-0.4, -0.2) is 38.6 Å². The zero-order valence-electron chi connectivity index (χ0n) is 19.3. The van der Waals surface area contributed by atoms with E-state index in [-0.39, 0.29) is 35.4 Å². The van der Waals surface area contributed by atoms with E-state index < -0.39 is 10.0 Å². The highest BCUT2D eigenvalue weighted by molar-refractivity contribution is 7.89. The number of carbonyl (C=O) groups excluding carboxylic acids is 2. The molecule has 1 aromatic heterocycles. The summed E-state index contributed by atoms with van der Waals surface area (Å²) in [5, 5.41) is 6.41. The number of sulfonamides is 1. The number of benzene rings is 3. The van der Waals surface area contributed by atoms with Crippen molar-refractivity contribution in [2.75, 3.05) is 19.4 Å². The summed E-state index contributed by atoms with van der Waals surface area (Å²) in [6.45, 7) is 0.0910. The van der Waals surface area contributed by atoms with Crippen LogP contribution in [0.3, 0.4) is 0 Å². The summed E-state index contributed by atoms with van der Waals surface area (Å²) in [6, 6.07) is 22.6. The van der Waals surface area contributed by atoms with Gasteiger partial charge in [-0.2, -0.15) is 0 Å². The summed E-state index contributed by atoms with van der Waals surface area (Å²) < 4.78 is 31.7. The third-order valence-electron chi connectivity index (χ3n) is 5.43. The number of anilines is 1. The Morgan fingerprint density at radius 2 is 1.60 bits per heavy atom. The maximum Gasteiger partial charge on any atom is 0.291 e. The van der Waals surface area contributed by atoms with E-state index in [1.165, 1.54) is 20.2 Å². The lowest BCUT2D eigenvalue weighted by atomic mass is 10.1. The van der Waals surface area contributed by atoms with E-state index >= 15 is 0 Å². The molecule has 0 aliphatic carbocycles. The number of furan rings is 1.